The highest BCUT2D eigenvalue weighted by atomic mass is 32.2. The second kappa shape index (κ2) is 8.81. The molecule has 28 heavy (non-hydrogen) atoms. The first-order valence-corrected chi connectivity index (χ1v) is 10.8. The maximum absolute atomic E-state index is 13.3. The van der Waals surface area contributed by atoms with Gasteiger partial charge in [0.05, 0.1) is 9.82 Å². The van der Waals surface area contributed by atoms with Gasteiger partial charge in [-0.05, 0) is 49.3 Å². The lowest BCUT2D eigenvalue weighted by molar-refractivity contribution is -0.384. The van der Waals surface area contributed by atoms with Crippen LogP contribution in [0.1, 0.15) is 31.2 Å². The molecule has 0 heterocycles. The molecular formula is C20H25N3O4S. The van der Waals surface area contributed by atoms with E-state index >= 15 is 0 Å². The van der Waals surface area contributed by atoms with E-state index in [1.54, 1.807) is 0 Å². The Labute approximate surface area is 165 Å². The molecule has 0 spiro atoms. The lowest BCUT2D eigenvalue weighted by Crippen LogP contribution is -2.37. The summed E-state index contributed by atoms with van der Waals surface area (Å²) in [6.45, 7) is 0.684. The second-order valence-electron chi connectivity index (χ2n) is 7.31. The van der Waals surface area contributed by atoms with Crippen LogP contribution in [-0.4, -0.2) is 30.2 Å². The normalized spacial score (nSPS) is 20.2. The van der Waals surface area contributed by atoms with E-state index in [1.807, 2.05) is 30.3 Å². The molecule has 0 atom stereocenters. The van der Waals surface area contributed by atoms with E-state index in [-0.39, 0.29) is 29.1 Å². The minimum absolute atomic E-state index is 0.0709. The molecule has 0 unspecified atom stereocenters. The highest BCUT2D eigenvalue weighted by Gasteiger charge is 2.29. The number of nitro groups is 1. The smallest absolute Gasteiger partial charge is 0.269 e. The maximum atomic E-state index is 13.3. The Kier molecular flexibility index (Phi) is 6.43. The van der Waals surface area contributed by atoms with E-state index in [0.29, 0.717) is 6.54 Å². The Bertz CT molecular complexity index is 893. The molecule has 0 aromatic heterocycles. The average molecular weight is 404 g/mol. The topological polar surface area (TPSA) is 107 Å². The number of hydrogen-bond donors (Lipinski definition) is 1. The van der Waals surface area contributed by atoms with Gasteiger partial charge in [-0.15, -0.1) is 0 Å². The summed E-state index contributed by atoms with van der Waals surface area (Å²) >= 11 is 0. The molecule has 2 aromatic carbocycles. The zero-order valence-electron chi connectivity index (χ0n) is 15.6. The van der Waals surface area contributed by atoms with E-state index in [4.69, 9.17) is 5.73 Å². The molecule has 0 amide bonds. The van der Waals surface area contributed by atoms with Crippen LogP contribution in [0.5, 0.6) is 0 Å². The minimum Gasteiger partial charge on any atom is -0.328 e. The quantitative estimate of drug-likeness (QED) is 0.564. The second-order valence-corrected chi connectivity index (χ2v) is 9.25. The molecule has 8 heteroatoms. The summed E-state index contributed by atoms with van der Waals surface area (Å²) in [6, 6.07) is 14.7. The summed E-state index contributed by atoms with van der Waals surface area (Å²) in [6.07, 6.45) is 3.62. The fourth-order valence-electron chi connectivity index (χ4n) is 3.58. The van der Waals surface area contributed by atoms with Crippen LogP contribution >= 0.6 is 0 Å². The van der Waals surface area contributed by atoms with Gasteiger partial charge in [-0.25, -0.2) is 8.42 Å². The van der Waals surface area contributed by atoms with Crippen LogP contribution in [0.3, 0.4) is 0 Å². The molecule has 0 radical (unpaired) electrons. The first-order chi connectivity index (χ1) is 13.4. The molecule has 2 N–H and O–H groups in total. The summed E-state index contributed by atoms with van der Waals surface area (Å²) in [5.41, 5.74) is 6.75. The summed E-state index contributed by atoms with van der Waals surface area (Å²) < 4.78 is 28.1. The van der Waals surface area contributed by atoms with E-state index in [1.165, 1.54) is 28.6 Å². The van der Waals surface area contributed by atoms with Crippen molar-refractivity contribution in [1.29, 1.82) is 0 Å². The Morgan fingerprint density at radius 1 is 1.00 bits per heavy atom. The number of nitro benzene ring substituents is 1. The van der Waals surface area contributed by atoms with Crippen LogP contribution in [-0.2, 0) is 16.6 Å². The number of non-ortho nitro benzene ring substituents is 1. The third-order valence-corrected chi connectivity index (χ3v) is 7.07. The standard InChI is InChI=1S/C20H25N3O4S/c21-18-8-6-17(7-9-18)15-22(14-16-4-2-1-3-5-16)28(26,27)20-12-10-19(11-13-20)23(24)25/h1-5,10-13,17-18H,6-9,14-15,21H2. The van der Waals surface area contributed by atoms with Crippen molar-refractivity contribution in [3.8, 4) is 0 Å². The molecule has 1 aliphatic carbocycles. The van der Waals surface area contributed by atoms with E-state index in [9.17, 15) is 18.5 Å². The number of benzene rings is 2. The predicted molar refractivity (Wildman–Crippen MR) is 107 cm³/mol. The number of hydrogen-bond acceptors (Lipinski definition) is 5. The van der Waals surface area contributed by atoms with Crippen molar-refractivity contribution in [2.24, 2.45) is 11.7 Å². The van der Waals surface area contributed by atoms with Crippen LogP contribution in [0.15, 0.2) is 59.5 Å². The van der Waals surface area contributed by atoms with Crippen molar-refractivity contribution < 1.29 is 13.3 Å². The van der Waals surface area contributed by atoms with Crippen molar-refractivity contribution in [2.45, 2.75) is 43.2 Å². The Morgan fingerprint density at radius 3 is 2.18 bits per heavy atom. The highest BCUT2D eigenvalue weighted by Crippen LogP contribution is 2.28. The van der Waals surface area contributed by atoms with E-state index in [2.05, 4.69) is 0 Å². The number of rotatable bonds is 7. The monoisotopic (exact) mass is 403 g/mol. The zero-order valence-corrected chi connectivity index (χ0v) is 16.4. The third kappa shape index (κ3) is 4.95. The summed E-state index contributed by atoms with van der Waals surface area (Å²) in [5.74, 6) is 0.260. The van der Waals surface area contributed by atoms with Crippen LogP contribution in [0, 0.1) is 16.0 Å². The van der Waals surface area contributed by atoms with Gasteiger partial charge in [0.2, 0.25) is 10.0 Å². The van der Waals surface area contributed by atoms with Crippen molar-refractivity contribution in [3.05, 3.63) is 70.3 Å². The predicted octanol–water partition coefficient (Wildman–Crippen LogP) is 3.30. The molecule has 0 saturated heterocycles. The Balaban J connectivity index is 1.86. The molecule has 1 saturated carbocycles. The van der Waals surface area contributed by atoms with E-state index < -0.39 is 14.9 Å². The molecule has 3 rings (SSSR count). The van der Waals surface area contributed by atoms with Gasteiger partial charge in [-0.2, -0.15) is 4.31 Å². The molecule has 2 aromatic rings. The van der Waals surface area contributed by atoms with Crippen molar-refractivity contribution in [3.63, 3.8) is 0 Å². The molecule has 1 fully saturated rings. The Hall–Kier alpha value is -2.29. The van der Waals surface area contributed by atoms with Crippen LogP contribution in [0.2, 0.25) is 0 Å². The molecular weight excluding hydrogens is 378 g/mol. The van der Waals surface area contributed by atoms with Crippen LogP contribution in [0.25, 0.3) is 0 Å². The summed E-state index contributed by atoms with van der Waals surface area (Å²) in [5, 5.41) is 10.9. The average Bonchev–Trinajstić information content (AvgIpc) is 2.70. The maximum Gasteiger partial charge on any atom is 0.269 e. The Morgan fingerprint density at radius 2 is 1.61 bits per heavy atom. The minimum atomic E-state index is -3.78. The largest absolute Gasteiger partial charge is 0.328 e. The first-order valence-electron chi connectivity index (χ1n) is 9.40. The number of nitrogens with two attached hydrogens (primary N) is 1. The summed E-state index contributed by atoms with van der Waals surface area (Å²) in [7, 11) is -3.78. The third-order valence-electron chi connectivity index (χ3n) is 5.24. The van der Waals surface area contributed by atoms with Gasteiger partial charge in [0.25, 0.3) is 5.69 Å². The highest BCUT2D eigenvalue weighted by molar-refractivity contribution is 7.89. The van der Waals surface area contributed by atoms with Gasteiger partial charge in [0.15, 0.2) is 0 Å². The van der Waals surface area contributed by atoms with Gasteiger partial charge in [0.1, 0.15) is 0 Å². The van der Waals surface area contributed by atoms with Crippen molar-refractivity contribution in [2.75, 3.05) is 6.54 Å². The first kappa shape index (κ1) is 20.4. The van der Waals surface area contributed by atoms with Gasteiger partial charge in [-0.3, -0.25) is 10.1 Å². The summed E-state index contributed by atoms with van der Waals surface area (Å²) in [4.78, 5) is 10.4. The van der Waals surface area contributed by atoms with Gasteiger partial charge in [0, 0.05) is 31.3 Å². The fraction of sp³-hybridized carbons (Fsp3) is 0.400. The molecule has 0 aliphatic heterocycles. The van der Waals surface area contributed by atoms with Gasteiger partial charge < -0.3 is 5.73 Å². The van der Waals surface area contributed by atoms with Gasteiger partial charge >= 0.3 is 0 Å². The molecule has 0 bridgehead atoms. The fourth-order valence-corrected chi connectivity index (χ4v) is 5.09. The lowest BCUT2D eigenvalue weighted by atomic mass is 9.86. The van der Waals surface area contributed by atoms with Gasteiger partial charge in [-0.1, -0.05) is 30.3 Å². The van der Waals surface area contributed by atoms with Crippen LogP contribution in [0.4, 0.5) is 5.69 Å². The van der Waals surface area contributed by atoms with Crippen molar-refractivity contribution in [1.82, 2.24) is 4.31 Å². The SMILES string of the molecule is NC1CCC(CN(Cc2ccccc2)S(=O)(=O)c2ccc([N+](=O)[O-])cc2)CC1. The van der Waals surface area contributed by atoms with E-state index in [0.717, 1.165) is 31.2 Å². The number of nitrogens with zero attached hydrogens (tertiary/aromatic N) is 2. The number of sulfonamides is 1. The molecule has 1 aliphatic rings. The van der Waals surface area contributed by atoms with Crippen LogP contribution < -0.4 is 5.73 Å². The van der Waals surface area contributed by atoms with Crippen molar-refractivity contribution >= 4 is 15.7 Å². The molecule has 7 nitrogen and oxygen atoms in total. The zero-order chi connectivity index (χ0) is 20.1. The lowest BCUT2D eigenvalue weighted by Gasteiger charge is -2.31. The molecule has 150 valence electrons.